The molecule has 5 heteroatoms. The summed E-state index contributed by atoms with van der Waals surface area (Å²) in [5, 5.41) is 18.8. The van der Waals surface area contributed by atoms with Crippen molar-refractivity contribution in [1.82, 2.24) is 0 Å². The Bertz CT molecular complexity index is 442. The first-order chi connectivity index (χ1) is 7.97. The zero-order chi connectivity index (χ0) is 13.0. The molecule has 0 saturated heterocycles. The van der Waals surface area contributed by atoms with Gasteiger partial charge in [-0.05, 0) is 24.1 Å². The van der Waals surface area contributed by atoms with E-state index >= 15 is 0 Å². The number of rotatable bonds is 5. The predicted octanol–water partition coefficient (Wildman–Crippen LogP) is 2.08. The lowest BCUT2D eigenvalue weighted by molar-refractivity contribution is -0.147. The minimum atomic E-state index is -1.59. The van der Waals surface area contributed by atoms with Crippen molar-refractivity contribution >= 4 is 27.7 Å². The van der Waals surface area contributed by atoms with Crippen molar-refractivity contribution in [2.45, 2.75) is 19.4 Å². The van der Waals surface area contributed by atoms with Gasteiger partial charge in [0.1, 0.15) is 0 Å². The number of carboxylic acids is 1. The lowest BCUT2D eigenvalue weighted by Gasteiger charge is -2.11. The standard InChI is InChI=1S/C12H13BrO4/c1-7-2-3-8(10(14)4-5-13)6-9(7)11(15)12(16)17/h2-3,6,11,15H,4-5H2,1H3,(H,16,17). The third-order valence-electron chi connectivity index (χ3n) is 2.45. The molecule has 0 aliphatic rings. The van der Waals surface area contributed by atoms with Gasteiger partial charge in [-0.2, -0.15) is 0 Å². The molecule has 0 fully saturated rings. The Hall–Kier alpha value is -1.20. The first-order valence-corrected chi connectivity index (χ1v) is 6.20. The van der Waals surface area contributed by atoms with E-state index < -0.39 is 12.1 Å². The molecule has 0 saturated carbocycles. The number of ketones is 1. The van der Waals surface area contributed by atoms with Gasteiger partial charge in [0.2, 0.25) is 0 Å². The number of alkyl halides is 1. The molecule has 0 aliphatic heterocycles. The van der Waals surface area contributed by atoms with Gasteiger partial charge in [-0.15, -0.1) is 0 Å². The minimum absolute atomic E-state index is 0.0827. The largest absolute Gasteiger partial charge is 0.479 e. The fourth-order valence-electron chi connectivity index (χ4n) is 1.47. The number of hydrogen-bond acceptors (Lipinski definition) is 3. The number of halogens is 1. The van der Waals surface area contributed by atoms with Gasteiger partial charge in [-0.1, -0.05) is 28.1 Å². The molecule has 0 bridgehead atoms. The molecule has 4 nitrogen and oxygen atoms in total. The van der Waals surface area contributed by atoms with Crippen LogP contribution < -0.4 is 0 Å². The van der Waals surface area contributed by atoms with E-state index in [2.05, 4.69) is 15.9 Å². The number of carbonyl (C=O) groups is 2. The highest BCUT2D eigenvalue weighted by Gasteiger charge is 2.19. The number of carbonyl (C=O) groups excluding carboxylic acids is 1. The van der Waals surface area contributed by atoms with Crippen LogP contribution >= 0.6 is 15.9 Å². The van der Waals surface area contributed by atoms with Gasteiger partial charge < -0.3 is 10.2 Å². The summed E-state index contributed by atoms with van der Waals surface area (Å²) in [6.45, 7) is 1.69. The highest BCUT2D eigenvalue weighted by molar-refractivity contribution is 9.09. The zero-order valence-electron chi connectivity index (χ0n) is 9.31. The summed E-state index contributed by atoms with van der Waals surface area (Å²) >= 11 is 3.17. The molecular weight excluding hydrogens is 288 g/mol. The van der Waals surface area contributed by atoms with Crippen molar-refractivity contribution < 1.29 is 19.8 Å². The molecule has 1 rings (SSSR count). The smallest absolute Gasteiger partial charge is 0.337 e. The van der Waals surface area contributed by atoms with Gasteiger partial charge in [0, 0.05) is 17.3 Å². The first kappa shape index (κ1) is 13.9. The van der Waals surface area contributed by atoms with Gasteiger partial charge in [-0.3, -0.25) is 4.79 Å². The summed E-state index contributed by atoms with van der Waals surface area (Å²) in [6, 6.07) is 4.72. The Labute approximate surface area is 107 Å². The van der Waals surface area contributed by atoms with Crippen molar-refractivity contribution in [1.29, 1.82) is 0 Å². The summed E-state index contributed by atoms with van der Waals surface area (Å²) in [4.78, 5) is 22.4. The van der Waals surface area contributed by atoms with Gasteiger partial charge in [-0.25, -0.2) is 4.79 Å². The van der Waals surface area contributed by atoms with E-state index in [0.717, 1.165) is 0 Å². The number of Topliss-reactive ketones (excluding diaryl/α,β-unsaturated/α-hetero) is 1. The van der Waals surface area contributed by atoms with Gasteiger partial charge in [0.25, 0.3) is 0 Å². The van der Waals surface area contributed by atoms with E-state index in [-0.39, 0.29) is 11.3 Å². The third kappa shape index (κ3) is 3.38. The highest BCUT2D eigenvalue weighted by Crippen LogP contribution is 2.20. The summed E-state index contributed by atoms with van der Waals surface area (Å²) in [5.74, 6) is -1.40. The molecule has 0 spiro atoms. The van der Waals surface area contributed by atoms with E-state index in [1.165, 1.54) is 6.07 Å². The molecule has 0 aromatic heterocycles. The molecule has 1 aromatic carbocycles. The molecule has 0 amide bonds. The number of aryl methyl sites for hydroxylation is 1. The van der Waals surface area contributed by atoms with Crippen LogP contribution in [0.1, 0.15) is 34.0 Å². The molecule has 0 aliphatic carbocycles. The summed E-state index contributed by atoms with van der Waals surface area (Å²) < 4.78 is 0. The molecule has 17 heavy (non-hydrogen) atoms. The molecule has 1 unspecified atom stereocenters. The quantitative estimate of drug-likeness (QED) is 0.645. The van der Waals surface area contributed by atoms with Crippen molar-refractivity contribution in [3.63, 3.8) is 0 Å². The zero-order valence-corrected chi connectivity index (χ0v) is 10.9. The van der Waals surface area contributed by atoms with E-state index in [0.29, 0.717) is 22.9 Å². The van der Waals surface area contributed by atoms with Crippen LogP contribution in [-0.4, -0.2) is 27.3 Å². The van der Waals surface area contributed by atoms with Crippen LogP contribution in [0.4, 0.5) is 0 Å². The fraction of sp³-hybridized carbons (Fsp3) is 0.333. The summed E-state index contributed by atoms with van der Waals surface area (Å²) in [5.41, 5.74) is 1.33. The van der Waals surface area contributed by atoms with E-state index in [4.69, 9.17) is 5.11 Å². The van der Waals surface area contributed by atoms with Crippen LogP contribution in [0.5, 0.6) is 0 Å². The van der Waals surface area contributed by atoms with E-state index in [1.807, 2.05) is 0 Å². The Morgan fingerprint density at radius 2 is 2.06 bits per heavy atom. The summed E-state index contributed by atoms with van der Waals surface area (Å²) in [6.07, 6.45) is -1.25. The number of aliphatic hydroxyl groups is 1. The lowest BCUT2D eigenvalue weighted by atomic mass is 9.98. The number of aliphatic hydroxyl groups excluding tert-OH is 1. The molecule has 1 atom stereocenters. The average molecular weight is 301 g/mol. The fourth-order valence-corrected chi connectivity index (χ4v) is 1.83. The number of hydrogen-bond donors (Lipinski definition) is 2. The Morgan fingerprint density at radius 3 is 2.59 bits per heavy atom. The number of benzene rings is 1. The molecule has 1 aromatic rings. The predicted molar refractivity (Wildman–Crippen MR) is 66.5 cm³/mol. The van der Waals surface area contributed by atoms with E-state index in [9.17, 15) is 14.7 Å². The van der Waals surface area contributed by atoms with Gasteiger partial charge >= 0.3 is 5.97 Å². The van der Waals surface area contributed by atoms with Crippen molar-refractivity contribution in [2.75, 3.05) is 5.33 Å². The number of aliphatic carboxylic acids is 1. The molecular formula is C12H13BrO4. The Balaban J connectivity index is 3.10. The third-order valence-corrected chi connectivity index (χ3v) is 2.85. The van der Waals surface area contributed by atoms with Gasteiger partial charge in [0.05, 0.1) is 0 Å². The summed E-state index contributed by atoms with van der Waals surface area (Å²) in [7, 11) is 0. The second kappa shape index (κ2) is 5.93. The molecule has 92 valence electrons. The first-order valence-electron chi connectivity index (χ1n) is 5.08. The van der Waals surface area contributed by atoms with Crippen molar-refractivity contribution in [2.24, 2.45) is 0 Å². The molecule has 2 N–H and O–H groups in total. The van der Waals surface area contributed by atoms with Crippen LogP contribution in [0.15, 0.2) is 18.2 Å². The van der Waals surface area contributed by atoms with Crippen LogP contribution in [0.25, 0.3) is 0 Å². The average Bonchev–Trinajstić information content (AvgIpc) is 2.28. The SMILES string of the molecule is Cc1ccc(C(=O)CCBr)cc1C(O)C(=O)O. The second-order valence-electron chi connectivity index (χ2n) is 3.67. The molecule has 0 radical (unpaired) electrons. The van der Waals surface area contributed by atoms with Crippen molar-refractivity contribution in [3.05, 3.63) is 34.9 Å². The Kier molecular flexibility index (Phi) is 4.84. The van der Waals surface area contributed by atoms with Crippen LogP contribution in [0.2, 0.25) is 0 Å². The van der Waals surface area contributed by atoms with Crippen LogP contribution in [0, 0.1) is 6.92 Å². The molecule has 0 heterocycles. The Morgan fingerprint density at radius 1 is 1.41 bits per heavy atom. The maximum Gasteiger partial charge on any atom is 0.337 e. The monoisotopic (exact) mass is 300 g/mol. The normalized spacial score (nSPS) is 12.2. The van der Waals surface area contributed by atoms with Crippen LogP contribution in [0.3, 0.4) is 0 Å². The van der Waals surface area contributed by atoms with Crippen molar-refractivity contribution in [3.8, 4) is 0 Å². The maximum absolute atomic E-state index is 11.6. The minimum Gasteiger partial charge on any atom is -0.479 e. The number of carboxylic acid groups (broad SMARTS) is 1. The van der Waals surface area contributed by atoms with E-state index in [1.54, 1.807) is 19.1 Å². The highest BCUT2D eigenvalue weighted by atomic mass is 79.9. The van der Waals surface area contributed by atoms with Gasteiger partial charge in [0.15, 0.2) is 11.9 Å². The van der Waals surface area contributed by atoms with Crippen LogP contribution in [-0.2, 0) is 4.79 Å². The lowest BCUT2D eigenvalue weighted by Crippen LogP contribution is -2.13. The topological polar surface area (TPSA) is 74.6 Å². The maximum atomic E-state index is 11.6. The second-order valence-corrected chi connectivity index (χ2v) is 4.47.